The molecule has 1 fully saturated rings. The lowest BCUT2D eigenvalue weighted by Crippen LogP contribution is -2.32. The number of oxime groups is 1. The van der Waals surface area contributed by atoms with Crippen LogP contribution in [-0.4, -0.2) is 49.7 Å². The number of nitrogens with zero attached hydrogens (tertiary/aromatic N) is 3. The van der Waals surface area contributed by atoms with Gasteiger partial charge in [-0.05, 0) is 42.8 Å². The monoisotopic (exact) mass is 395 g/mol. The lowest BCUT2D eigenvalue weighted by atomic mass is 9.80. The molecule has 1 aromatic heterocycles. The van der Waals surface area contributed by atoms with Crippen molar-refractivity contribution in [2.75, 3.05) is 20.7 Å². The summed E-state index contributed by atoms with van der Waals surface area (Å²) in [6.07, 6.45) is 2.58. The van der Waals surface area contributed by atoms with Crippen LogP contribution in [0.4, 0.5) is 0 Å². The molecule has 2 unspecified atom stereocenters. The van der Waals surface area contributed by atoms with Gasteiger partial charge >= 0.3 is 0 Å². The number of fused-ring (bicyclic) bond motifs is 2. The second-order valence-corrected chi connectivity index (χ2v) is 9.25. The van der Waals surface area contributed by atoms with Gasteiger partial charge in [-0.15, -0.1) is 0 Å². The van der Waals surface area contributed by atoms with Crippen LogP contribution in [0.5, 0.6) is 0 Å². The maximum Gasteiger partial charge on any atom is 0.268 e. The van der Waals surface area contributed by atoms with E-state index in [1.54, 1.807) is 37.6 Å². The van der Waals surface area contributed by atoms with Gasteiger partial charge in [0.25, 0.3) is 10.0 Å². The van der Waals surface area contributed by atoms with Crippen molar-refractivity contribution in [1.82, 2.24) is 8.87 Å². The lowest BCUT2D eigenvalue weighted by Gasteiger charge is -2.29. The van der Waals surface area contributed by atoms with E-state index in [0.29, 0.717) is 4.90 Å². The average Bonchev–Trinajstić information content (AvgIpc) is 3.23. The van der Waals surface area contributed by atoms with E-state index in [9.17, 15) is 8.42 Å². The zero-order chi connectivity index (χ0) is 19.5. The quantitative estimate of drug-likeness (QED) is 0.640. The van der Waals surface area contributed by atoms with Crippen molar-refractivity contribution >= 4 is 26.6 Å². The van der Waals surface area contributed by atoms with E-state index in [-0.39, 0.29) is 12.0 Å². The topological polar surface area (TPSA) is 63.9 Å². The molecule has 0 spiro atoms. The van der Waals surface area contributed by atoms with E-state index in [1.165, 1.54) is 3.97 Å². The molecule has 2 aromatic carbocycles. The number of hydrogen-bond donors (Lipinski definition) is 0. The second kappa shape index (κ2) is 6.18. The molecule has 144 valence electrons. The Bertz CT molecular complexity index is 1200. The van der Waals surface area contributed by atoms with Crippen molar-refractivity contribution < 1.29 is 13.3 Å². The Hall–Kier alpha value is -2.64. The first-order valence-electron chi connectivity index (χ1n) is 9.26. The minimum Gasteiger partial charge on any atom is -0.399 e. The van der Waals surface area contributed by atoms with E-state index in [4.69, 9.17) is 4.84 Å². The lowest BCUT2D eigenvalue weighted by molar-refractivity contribution is 0.212. The van der Waals surface area contributed by atoms with Gasteiger partial charge < -0.3 is 4.84 Å². The highest BCUT2D eigenvalue weighted by molar-refractivity contribution is 7.90. The molecule has 1 aliphatic carbocycles. The van der Waals surface area contributed by atoms with E-state index >= 15 is 0 Å². The highest BCUT2D eigenvalue weighted by Crippen LogP contribution is 2.43. The van der Waals surface area contributed by atoms with Gasteiger partial charge in [-0.25, -0.2) is 12.4 Å². The summed E-state index contributed by atoms with van der Waals surface area (Å²) in [5.74, 6) is 0.122. The molecule has 0 amide bonds. The number of benzene rings is 2. The zero-order valence-electron chi connectivity index (χ0n) is 15.7. The van der Waals surface area contributed by atoms with Crippen LogP contribution in [-0.2, 0) is 21.3 Å². The molecule has 3 aromatic rings. The van der Waals surface area contributed by atoms with Crippen LogP contribution in [0.1, 0.15) is 17.0 Å². The fourth-order valence-corrected chi connectivity index (χ4v) is 6.13. The summed E-state index contributed by atoms with van der Waals surface area (Å²) in [5, 5.41) is 5.30. The summed E-state index contributed by atoms with van der Waals surface area (Å²) in [7, 11) is -0.00707. The molecule has 1 aliphatic heterocycles. The Kier molecular flexibility index (Phi) is 3.86. The molecule has 0 saturated carbocycles. The highest BCUT2D eigenvalue weighted by atomic mass is 32.2. The first-order chi connectivity index (χ1) is 13.5. The van der Waals surface area contributed by atoms with Gasteiger partial charge in [0.05, 0.1) is 16.1 Å². The zero-order valence-corrected chi connectivity index (χ0v) is 16.6. The predicted octanol–water partition coefficient (Wildman–Crippen LogP) is 2.83. The first kappa shape index (κ1) is 17.5. The van der Waals surface area contributed by atoms with Crippen LogP contribution in [0, 0.1) is 0 Å². The van der Waals surface area contributed by atoms with Crippen molar-refractivity contribution in [3.8, 4) is 0 Å². The summed E-state index contributed by atoms with van der Waals surface area (Å²) < 4.78 is 28.0. The summed E-state index contributed by atoms with van der Waals surface area (Å²) in [5.41, 5.74) is 3.91. The summed E-state index contributed by atoms with van der Waals surface area (Å²) in [6.45, 7) is 0.756. The molecule has 5 rings (SSSR count). The SMILES string of the molecule is CON=C1CN(C)C2Cc3cn(S(=O)(=O)c4ccccc4)c4cccc(c34)C12. The van der Waals surface area contributed by atoms with Crippen molar-refractivity contribution in [1.29, 1.82) is 0 Å². The normalized spacial score (nSPS) is 23.3. The molecule has 2 aliphatic rings. The Morgan fingerprint density at radius 2 is 1.89 bits per heavy atom. The van der Waals surface area contributed by atoms with Gasteiger partial charge in [-0.2, -0.15) is 0 Å². The predicted molar refractivity (Wildman–Crippen MR) is 108 cm³/mol. The van der Waals surface area contributed by atoms with Crippen molar-refractivity contribution in [3.05, 3.63) is 65.9 Å². The van der Waals surface area contributed by atoms with Crippen LogP contribution in [0.3, 0.4) is 0 Å². The van der Waals surface area contributed by atoms with Crippen molar-refractivity contribution in [2.45, 2.75) is 23.3 Å². The van der Waals surface area contributed by atoms with Crippen LogP contribution in [0.25, 0.3) is 10.9 Å². The van der Waals surface area contributed by atoms with Crippen molar-refractivity contribution in [2.24, 2.45) is 5.16 Å². The molecule has 0 N–H and O–H groups in total. The maximum absolute atomic E-state index is 13.3. The Balaban J connectivity index is 1.74. The molecular weight excluding hydrogens is 374 g/mol. The number of aromatic nitrogens is 1. The molecule has 7 heteroatoms. The molecule has 0 radical (unpaired) electrons. The molecule has 0 bridgehead atoms. The minimum absolute atomic E-state index is 0.122. The molecule has 28 heavy (non-hydrogen) atoms. The van der Waals surface area contributed by atoms with Crippen LogP contribution < -0.4 is 0 Å². The third-order valence-corrected chi connectivity index (χ3v) is 7.59. The van der Waals surface area contributed by atoms with Gasteiger partial charge in [-0.3, -0.25) is 4.90 Å². The molecule has 6 nitrogen and oxygen atoms in total. The van der Waals surface area contributed by atoms with Gasteiger partial charge in [0.15, 0.2) is 0 Å². The maximum atomic E-state index is 13.3. The van der Waals surface area contributed by atoms with Crippen molar-refractivity contribution in [3.63, 3.8) is 0 Å². The second-order valence-electron chi connectivity index (χ2n) is 7.44. The minimum atomic E-state index is -3.66. The largest absolute Gasteiger partial charge is 0.399 e. The first-order valence-corrected chi connectivity index (χ1v) is 10.7. The van der Waals surface area contributed by atoms with Crippen LogP contribution in [0.2, 0.25) is 0 Å². The fourth-order valence-electron chi connectivity index (χ4n) is 4.72. The van der Waals surface area contributed by atoms with E-state index in [0.717, 1.165) is 40.7 Å². The molecule has 2 heterocycles. The number of rotatable bonds is 3. The van der Waals surface area contributed by atoms with Gasteiger partial charge in [0, 0.05) is 30.1 Å². The highest BCUT2D eigenvalue weighted by Gasteiger charge is 2.43. The van der Waals surface area contributed by atoms with E-state index in [1.807, 2.05) is 18.2 Å². The number of likely N-dealkylation sites (N-methyl/N-ethyl adjacent to an activating group) is 1. The van der Waals surface area contributed by atoms with Gasteiger partial charge in [0.2, 0.25) is 0 Å². The third-order valence-electron chi connectivity index (χ3n) is 5.90. The molecule has 2 atom stereocenters. The number of likely N-dealkylation sites (tertiary alicyclic amines) is 1. The standard InChI is InChI=1S/C21H21N3O3S/c1-23-13-17(22-27-2)21-16-9-6-10-18-20(16)14(11-19(21)23)12-24(18)28(25,26)15-7-4-3-5-8-15/h3-10,12,19,21H,11,13H2,1-2H3. The van der Waals surface area contributed by atoms with Crippen LogP contribution >= 0.6 is 0 Å². The van der Waals surface area contributed by atoms with E-state index in [2.05, 4.69) is 23.2 Å². The summed E-state index contributed by atoms with van der Waals surface area (Å²) in [6, 6.07) is 14.7. The molecule has 1 saturated heterocycles. The van der Waals surface area contributed by atoms with Crippen LogP contribution in [0.15, 0.2) is 64.8 Å². The fraction of sp³-hybridized carbons (Fsp3) is 0.286. The average molecular weight is 395 g/mol. The number of hydrogen-bond acceptors (Lipinski definition) is 5. The van der Waals surface area contributed by atoms with Gasteiger partial charge in [0.1, 0.15) is 7.11 Å². The smallest absolute Gasteiger partial charge is 0.268 e. The summed E-state index contributed by atoms with van der Waals surface area (Å²) in [4.78, 5) is 7.65. The van der Waals surface area contributed by atoms with E-state index < -0.39 is 10.0 Å². The Morgan fingerprint density at radius 3 is 2.64 bits per heavy atom. The Morgan fingerprint density at radius 1 is 1.11 bits per heavy atom. The van der Waals surface area contributed by atoms with Gasteiger partial charge in [-0.1, -0.05) is 35.5 Å². The Labute approximate surface area is 164 Å². The summed E-state index contributed by atoms with van der Waals surface area (Å²) >= 11 is 0. The third kappa shape index (κ3) is 2.36. The molecular formula is C21H21N3O3S.